The molecule has 0 radical (unpaired) electrons. The van der Waals surface area contributed by atoms with Crippen molar-refractivity contribution in [2.45, 2.75) is 39.2 Å². The molecule has 0 saturated heterocycles. The van der Waals surface area contributed by atoms with Gasteiger partial charge in [0.25, 0.3) is 0 Å². The van der Waals surface area contributed by atoms with Gasteiger partial charge >= 0.3 is 0 Å². The zero-order valence-electron chi connectivity index (χ0n) is 15.6. The second-order valence-corrected chi connectivity index (χ2v) is 7.32. The van der Waals surface area contributed by atoms with Crippen molar-refractivity contribution < 1.29 is 4.74 Å². The average molecular weight is 361 g/mol. The third-order valence-electron chi connectivity index (χ3n) is 5.62. The number of allylic oxidation sites excluding steroid dienone is 1. The summed E-state index contributed by atoms with van der Waals surface area (Å²) in [6.45, 7) is 4.58. The van der Waals surface area contributed by atoms with Gasteiger partial charge in [-0.25, -0.2) is 9.97 Å². The van der Waals surface area contributed by atoms with Crippen LogP contribution in [-0.2, 0) is 0 Å². The number of nitriles is 1. The lowest BCUT2D eigenvalue weighted by Crippen LogP contribution is -2.35. The maximum Gasteiger partial charge on any atom is 0.223 e. The summed E-state index contributed by atoms with van der Waals surface area (Å²) >= 11 is 0. The summed E-state index contributed by atoms with van der Waals surface area (Å²) < 4.78 is 5.80. The number of nitrogens with one attached hydrogen (secondary N) is 2. The molecule has 0 spiro atoms. The quantitative estimate of drug-likeness (QED) is 0.788. The third kappa shape index (κ3) is 3.45. The van der Waals surface area contributed by atoms with Gasteiger partial charge in [-0.1, -0.05) is 38.8 Å². The Morgan fingerprint density at radius 2 is 2.11 bits per heavy atom. The van der Waals surface area contributed by atoms with Gasteiger partial charge in [0.05, 0.1) is 11.4 Å². The molecule has 2 N–H and O–H groups in total. The molecule has 1 aromatic heterocycles. The summed E-state index contributed by atoms with van der Waals surface area (Å²) in [5.74, 6) is 2.92. The van der Waals surface area contributed by atoms with Crippen LogP contribution in [0, 0.1) is 23.2 Å². The van der Waals surface area contributed by atoms with E-state index in [1.807, 2.05) is 24.3 Å². The Bertz CT molecular complexity index is 890. The van der Waals surface area contributed by atoms with Crippen molar-refractivity contribution in [3.63, 3.8) is 0 Å². The maximum absolute atomic E-state index is 9.70. The van der Waals surface area contributed by atoms with E-state index in [9.17, 15) is 5.26 Å². The van der Waals surface area contributed by atoms with Crippen LogP contribution in [0.3, 0.4) is 0 Å². The van der Waals surface area contributed by atoms with Crippen LogP contribution in [0.1, 0.15) is 38.8 Å². The summed E-state index contributed by atoms with van der Waals surface area (Å²) in [6.07, 6.45) is 5.29. The first-order valence-corrected chi connectivity index (χ1v) is 9.44. The molecule has 0 bridgehead atoms. The van der Waals surface area contributed by atoms with Crippen molar-refractivity contribution >= 4 is 17.2 Å². The number of aromatic nitrogens is 2. The van der Waals surface area contributed by atoms with Crippen LogP contribution >= 0.6 is 0 Å². The lowest BCUT2D eigenvalue weighted by Gasteiger charge is -2.34. The van der Waals surface area contributed by atoms with Crippen LogP contribution < -0.4 is 15.4 Å². The first-order valence-electron chi connectivity index (χ1n) is 9.44. The van der Waals surface area contributed by atoms with E-state index in [2.05, 4.69) is 40.5 Å². The van der Waals surface area contributed by atoms with Crippen molar-refractivity contribution in [3.05, 3.63) is 48.1 Å². The number of para-hydroxylation sites is 2. The number of hydrogen-bond acceptors (Lipinski definition) is 6. The molecule has 1 fully saturated rings. The Morgan fingerprint density at radius 3 is 2.93 bits per heavy atom. The van der Waals surface area contributed by atoms with E-state index in [0.29, 0.717) is 46.7 Å². The molecule has 2 aromatic rings. The molecular weight excluding hydrogens is 338 g/mol. The Balaban J connectivity index is 1.58. The van der Waals surface area contributed by atoms with E-state index in [0.717, 1.165) is 12.1 Å². The number of anilines is 2. The van der Waals surface area contributed by atoms with Gasteiger partial charge < -0.3 is 15.4 Å². The molecule has 4 rings (SSSR count). The molecular formula is C21H23N5O. The molecule has 2 aliphatic rings. The second kappa shape index (κ2) is 7.28. The van der Waals surface area contributed by atoms with Crippen LogP contribution in [0.5, 0.6) is 5.75 Å². The maximum atomic E-state index is 9.70. The van der Waals surface area contributed by atoms with Crippen LogP contribution in [0.25, 0.3) is 5.57 Å². The molecule has 138 valence electrons. The normalized spacial score (nSPS) is 25.6. The molecule has 3 unspecified atom stereocenters. The molecule has 6 nitrogen and oxygen atoms in total. The van der Waals surface area contributed by atoms with Crippen molar-refractivity contribution in [1.82, 2.24) is 9.97 Å². The van der Waals surface area contributed by atoms with Gasteiger partial charge in [0.1, 0.15) is 11.6 Å². The molecule has 2 heterocycles. The topological polar surface area (TPSA) is 82.9 Å². The zero-order valence-corrected chi connectivity index (χ0v) is 15.6. The highest BCUT2D eigenvalue weighted by molar-refractivity contribution is 5.81. The summed E-state index contributed by atoms with van der Waals surface area (Å²) in [5, 5.41) is 16.3. The molecule has 0 amide bonds. The van der Waals surface area contributed by atoms with E-state index in [-0.39, 0.29) is 0 Å². The number of benzene rings is 1. The Labute approximate surface area is 159 Å². The largest absolute Gasteiger partial charge is 0.437 e. The van der Waals surface area contributed by atoms with E-state index in [1.54, 1.807) is 12.3 Å². The minimum Gasteiger partial charge on any atom is -0.437 e. The van der Waals surface area contributed by atoms with Gasteiger partial charge in [-0.05, 0) is 36.5 Å². The van der Waals surface area contributed by atoms with Gasteiger partial charge in [0, 0.05) is 12.2 Å². The van der Waals surface area contributed by atoms with Crippen molar-refractivity contribution in [2.75, 3.05) is 10.6 Å². The summed E-state index contributed by atoms with van der Waals surface area (Å²) in [7, 11) is 0. The Morgan fingerprint density at radius 1 is 1.26 bits per heavy atom. The standard InChI is InChI=1S/C21H23N5O/c1-13-6-5-8-16(14(13)2)25-21-23-11-10-17(26-21)15(12-22)20-24-18-7-3-4-9-19(18)27-20/h3-4,7,9-11,13-14,16,24H,5-6,8H2,1-2H3,(H,23,25,26)/b20-15-. The first-order chi connectivity index (χ1) is 13.2. The monoisotopic (exact) mass is 361 g/mol. The highest BCUT2D eigenvalue weighted by atomic mass is 16.5. The number of nitrogens with zero attached hydrogens (tertiary/aromatic N) is 3. The molecule has 6 heteroatoms. The number of fused-ring (bicyclic) bond motifs is 1. The van der Waals surface area contributed by atoms with Crippen LogP contribution in [-0.4, -0.2) is 16.0 Å². The minimum absolute atomic E-state index is 0.354. The molecule has 3 atom stereocenters. The number of rotatable bonds is 3. The van der Waals surface area contributed by atoms with Gasteiger partial charge in [-0.15, -0.1) is 0 Å². The van der Waals surface area contributed by atoms with Crippen molar-refractivity contribution in [2.24, 2.45) is 11.8 Å². The molecule has 27 heavy (non-hydrogen) atoms. The lowest BCUT2D eigenvalue weighted by atomic mass is 9.78. The molecule has 1 aliphatic carbocycles. The number of ether oxygens (including phenoxy) is 1. The molecule has 1 aromatic carbocycles. The fourth-order valence-corrected chi connectivity index (χ4v) is 3.77. The highest BCUT2D eigenvalue weighted by Crippen LogP contribution is 2.35. The fourth-order valence-electron chi connectivity index (χ4n) is 3.77. The number of hydrogen-bond donors (Lipinski definition) is 2. The fraction of sp³-hybridized carbons (Fsp3) is 0.381. The van der Waals surface area contributed by atoms with Gasteiger partial charge in [-0.2, -0.15) is 5.26 Å². The van der Waals surface area contributed by atoms with E-state index >= 15 is 0 Å². The van der Waals surface area contributed by atoms with Crippen LogP contribution in [0.2, 0.25) is 0 Å². The Hall–Kier alpha value is -3.07. The van der Waals surface area contributed by atoms with E-state index < -0.39 is 0 Å². The van der Waals surface area contributed by atoms with Crippen LogP contribution in [0.15, 0.2) is 42.4 Å². The van der Waals surface area contributed by atoms with E-state index in [1.165, 1.54) is 12.8 Å². The second-order valence-electron chi connectivity index (χ2n) is 7.32. The molecule has 1 aliphatic heterocycles. The summed E-state index contributed by atoms with van der Waals surface area (Å²) in [6, 6.07) is 11.9. The first kappa shape index (κ1) is 17.3. The predicted molar refractivity (Wildman–Crippen MR) is 105 cm³/mol. The SMILES string of the molecule is CC1CCCC(Nc2nccc(/C(C#N)=C3/Nc4ccccc4O3)n2)C1C. The Kier molecular flexibility index (Phi) is 4.68. The molecule has 1 saturated carbocycles. The highest BCUT2D eigenvalue weighted by Gasteiger charge is 2.28. The minimum atomic E-state index is 0.354. The van der Waals surface area contributed by atoms with Crippen LogP contribution in [0.4, 0.5) is 11.6 Å². The van der Waals surface area contributed by atoms with Gasteiger partial charge in [0.2, 0.25) is 11.8 Å². The average Bonchev–Trinajstić information content (AvgIpc) is 3.10. The van der Waals surface area contributed by atoms with Gasteiger partial charge in [0.15, 0.2) is 5.75 Å². The lowest BCUT2D eigenvalue weighted by molar-refractivity contribution is 0.252. The summed E-state index contributed by atoms with van der Waals surface area (Å²) in [5.41, 5.74) is 1.75. The third-order valence-corrected chi connectivity index (χ3v) is 5.62. The van der Waals surface area contributed by atoms with Crippen molar-refractivity contribution in [3.8, 4) is 11.8 Å². The smallest absolute Gasteiger partial charge is 0.223 e. The zero-order chi connectivity index (χ0) is 18.8. The van der Waals surface area contributed by atoms with Gasteiger partial charge in [-0.3, -0.25) is 0 Å². The predicted octanol–water partition coefficient (Wildman–Crippen LogP) is 4.41. The van der Waals surface area contributed by atoms with E-state index in [4.69, 9.17) is 4.74 Å². The summed E-state index contributed by atoms with van der Waals surface area (Å²) in [4.78, 5) is 8.94. The van der Waals surface area contributed by atoms with Crippen molar-refractivity contribution in [1.29, 1.82) is 5.26 Å².